The molecular formula is C19H13FN6O. The average Bonchev–Trinajstić information content (AvgIpc) is 3.24. The molecule has 27 heavy (non-hydrogen) atoms. The highest BCUT2D eigenvalue weighted by atomic mass is 19.1. The molecule has 0 atom stereocenters. The Morgan fingerprint density at radius 2 is 1.89 bits per heavy atom. The molecule has 0 spiro atoms. The van der Waals surface area contributed by atoms with Crippen LogP contribution in [0.5, 0.6) is 0 Å². The van der Waals surface area contributed by atoms with E-state index in [9.17, 15) is 9.18 Å². The molecule has 0 amide bonds. The number of aromatic amines is 1. The molecule has 5 aromatic rings. The molecule has 0 aliphatic rings. The number of benzene rings is 1. The van der Waals surface area contributed by atoms with Crippen LogP contribution >= 0.6 is 0 Å². The van der Waals surface area contributed by atoms with Gasteiger partial charge in [0.1, 0.15) is 22.7 Å². The van der Waals surface area contributed by atoms with Crippen LogP contribution in [0.15, 0.2) is 65.8 Å². The summed E-state index contributed by atoms with van der Waals surface area (Å²) in [7, 11) is 0. The van der Waals surface area contributed by atoms with Gasteiger partial charge in [-0.2, -0.15) is 0 Å². The summed E-state index contributed by atoms with van der Waals surface area (Å²) >= 11 is 0. The van der Waals surface area contributed by atoms with Gasteiger partial charge in [-0.05, 0) is 29.8 Å². The van der Waals surface area contributed by atoms with E-state index in [0.29, 0.717) is 17.0 Å². The maximum absolute atomic E-state index is 13.1. The molecule has 0 fully saturated rings. The van der Waals surface area contributed by atoms with Gasteiger partial charge in [-0.15, -0.1) is 0 Å². The van der Waals surface area contributed by atoms with E-state index in [1.165, 1.54) is 16.7 Å². The van der Waals surface area contributed by atoms with E-state index < -0.39 is 0 Å². The first kappa shape index (κ1) is 15.4. The highest BCUT2D eigenvalue weighted by Crippen LogP contribution is 2.19. The van der Waals surface area contributed by atoms with E-state index in [0.717, 1.165) is 16.9 Å². The molecule has 0 saturated carbocycles. The molecule has 0 radical (unpaired) electrons. The Balaban J connectivity index is 1.64. The van der Waals surface area contributed by atoms with E-state index in [1.54, 1.807) is 24.5 Å². The Morgan fingerprint density at radius 1 is 1.04 bits per heavy atom. The summed E-state index contributed by atoms with van der Waals surface area (Å²) in [6.07, 6.45) is 5.17. The smallest absolute Gasteiger partial charge is 0.303 e. The second kappa shape index (κ2) is 5.87. The second-order valence-corrected chi connectivity index (χ2v) is 6.15. The van der Waals surface area contributed by atoms with Crippen molar-refractivity contribution < 1.29 is 4.39 Å². The van der Waals surface area contributed by atoms with Crippen molar-refractivity contribution >= 4 is 16.8 Å². The Labute approximate surface area is 151 Å². The Hall–Kier alpha value is -3.81. The number of aromatic nitrogens is 6. The number of H-pyrrole nitrogens is 1. The number of hydrogen-bond donors (Lipinski definition) is 1. The molecule has 0 aliphatic heterocycles. The lowest BCUT2D eigenvalue weighted by Gasteiger charge is -2.05. The zero-order valence-corrected chi connectivity index (χ0v) is 14.0. The molecule has 5 rings (SSSR count). The Morgan fingerprint density at radius 3 is 2.74 bits per heavy atom. The predicted octanol–water partition coefficient (Wildman–Crippen LogP) is 2.62. The van der Waals surface area contributed by atoms with Gasteiger partial charge in [-0.1, -0.05) is 18.2 Å². The van der Waals surface area contributed by atoms with Crippen LogP contribution in [-0.4, -0.2) is 28.9 Å². The van der Waals surface area contributed by atoms with Crippen molar-refractivity contribution in [2.24, 2.45) is 0 Å². The summed E-state index contributed by atoms with van der Waals surface area (Å²) in [5, 5.41) is 0. The number of fused-ring (bicyclic) bond motifs is 2. The first-order valence-corrected chi connectivity index (χ1v) is 8.31. The van der Waals surface area contributed by atoms with E-state index in [1.807, 2.05) is 28.8 Å². The quantitative estimate of drug-likeness (QED) is 0.536. The molecule has 1 N–H and O–H groups in total. The zero-order valence-electron chi connectivity index (χ0n) is 14.0. The third-order valence-electron chi connectivity index (χ3n) is 4.41. The number of pyridine rings is 1. The number of imidazole rings is 2. The van der Waals surface area contributed by atoms with Gasteiger partial charge >= 0.3 is 5.69 Å². The van der Waals surface area contributed by atoms with Crippen molar-refractivity contribution in [2.45, 2.75) is 6.54 Å². The Bertz CT molecular complexity index is 1330. The Kier molecular flexibility index (Phi) is 3.36. The molecule has 1 aromatic carbocycles. The van der Waals surface area contributed by atoms with Crippen LogP contribution in [0.25, 0.3) is 28.3 Å². The molecule has 4 aromatic heterocycles. The van der Waals surface area contributed by atoms with Gasteiger partial charge in [0.15, 0.2) is 11.5 Å². The maximum Gasteiger partial charge on any atom is 0.328 e. The van der Waals surface area contributed by atoms with Gasteiger partial charge < -0.3 is 4.98 Å². The van der Waals surface area contributed by atoms with Crippen LogP contribution in [0.2, 0.25) is 0 Å². The molecular weight excluding hydrogens is 347 g/mol. The van der Waals surface area contributed by atoms with Gasteiger partial charge in [0.2, 0.25) is 0 Å². The molecule has 0 bridgehead atoms. The summed E-state index contributed by atoms with van der Waals surface area (Å²) in [5.74, 6) is 0.148. The SMILES string of the molecule is O=c1[nH]c2cnc(-c3cnc4ccccn34)nc2n1Cc1ccc(F)cc1. The van der Waals surface area contributed by atoms with Crippen LogP contribution < -0.4 is 5.69 Å². The van der Waals surface area contributed by atoms with Crippen LogP contribution in [-0.2, 0) is 6.54 Å². The standard InChI is InChI=1S/C19H13FN6O/c20-13-6-4-12(5-7-13)11-26-18-14(23-19(26)27)9-22-17(24-18)15-10-21-16-3-1-2-8-25(15)16/h1-10H,11H2,(H,23,27). The van der Waals surface area contributed by atoms with Crippen molar-refractivity contribution in [3.8, 4) is 11.5 Å². The predicted molar refractivity (Wildman–Crippen MR) is 97.8 cm³/mol. The molecule has 0 saturated heterocycles. The van der Waals surface area contributed by atoms with Crippen molar-refractivity contribution in [1.82, 2.24) is 28.9 Å². The van der Waals surface area contributed by atoms with Crippen LogP contribution in [0.1, 0.15) is 5.56 Å². The summed E-state index contributed by atoms with van der Waals surface area (Å²) in [6, 6.07) is 11.7. The number of hydrogen-bond acceptors (Lipinski definition) is 4. The summed E-state index contributed by atoms with van der Waals surface area (Å²) in [6.45, 7) is 0.280. The lowest BCUT2D eigenvalue weighted by molar-refractivity contribution is 0.626. The van der Waals surface area contributed by atoms with Crippen LogP contribution in [0.3, 0.4) is 0 Å². The molecule has 132 valence electrons. The van der Waals surface area contributed by atoms with Crippen LogP contribution in [0.4, 0.5) is 4.39 Å². The number of nitrogens with one attached hydrogen (secondary N) is 1. The van der Waals surface area contributed by atoms with Crippen molar-refractivity contribution in [3.63, 3.8) is 0 Å². The van der Waals surface area contributed by atoms with Gasteiger partial charge in [0.05, 0.1) is 18.9 Å². The first-order chi connectivity index (χ1) is 13.2. The monoisotopic (exact) mass is 360 g/mol. The van der Waals surface area contributed by atoms with Gasteiger partial charge in [0.25, 0.3) is 0 Å². The minimum atomic E-state index is -0.317. The van der Waals surface area contributed by atoms with Crippen molar-refractivity contribution in [1.29, 1.82) is 0 Å². The maximum atomic E-state index is 13.1. The molecule has 0 unspecified atom stereocenters. The number of nitrogens with zero attached hydrogens (tertiary/aromatic N) is 5. The summed E-state index contributed by atoms with van der Waals surface area (Å²) in [5.41, 5.74) is 3.05. The number of halogens is 1. The zero-order chi connectivity index (χ0) is 18.4. The second-order valence-electron chi connectivity index (χ2n) is 6.15. The normalized spacial score (nSPS) is 11.4. The van der Waals surface area contributed by atoms with Gasteiger partial charge in [-0.3, -0.25) is 8.97 Å². The summed E-state index contributed by atoms with van der Waals surface area (Å²) < 4.78 is 16.5. The van der Waals surface area contributed by atoms with E-state index >= 15 is 0 Å². The highest BCUT2D eigenvalue weighted by molar-refractivity contribution is 5.72. The van der Waals surface area contributed by atoms with Gasteiger partial charge in [-0.25, -0.2) is 24.1 Å². The summed E-state index contributed by atoms with van der Waals surface area (Å²) in [4.78, 5) is 28.4. The van der Waals surface area contributed by atoms with Crippen LogP contribution in [0, 0.1) is 5.82 Å². The van der Waals surface area contributed by atoms with Crippen molar-refractivity contribution in [2.75, 3.05) is 0 Å². The molecule has 7 nitrogen and oxygen atoms in total. The first-order valence-electron chi connectivity index (χ1n) is 8.31. The van der Waals surface area contributed by atoms with E-state index in [4.69, 9.17) is 0 Å². The number of rotatable bonds is 3. The lowest BCUT2D eigenvalue weighted by Crippen LogP contribution is -2.17. The van der Waals surface area contributed by atoms with E-state index in [-0.39, 0.29) is 18.1 Å². The minimum absolute atomic E-state index is 0.280. The fourth-order valence-corrected chi connectivity index (χ4v) is 3.09. The fourth-order valence-electron chi connectivity index (χ4n) is 3.09. The molecule has 4 heterocycles. The lowest BCUT2D eigenvalue weighted by atomic mass is 10.2. The molecule has 0 aliphatic carbocycles. The largest absolute Gasteiger partial charge is 0.328 e. The minimum Gasteiger partial charge on any atom is -0.303 e. The third-order valence-corrected chi connectivity index (χ3v) is 4.41. The molecule has 8 heteroatoms. The van der Waals surface area contributed by atoms with Gasteiger partial charge in [0, 0.05) is 6.20 Å². The average molecular weight is 360 g/mol. The topological polar surface area (TPSA) is 80.9 Å². The third kappa shape index (κ3) is 2.58. The fraction of sp³-hybridized carbons (Fsp3) is 0.0526. The highest BCUT2D eigenvalue weighted by Gasteiger charge is 2.14. The van der Waals surface area contributed by atoms with Crippen molar-refractivity contribution in [3.05, 3.63) is 82.9 Å². The van der Waals surface area contributed by atoms with E-state index in [2.05, 4.69) is 19.9 Å².